The van der Waals surface area contributed by atoms with Crippen molar-refractivity contribution in [3.05, 3.63) is 181 Å². The molecule has 0 bridgehead atoms. The molecule has 0 unspecified atom stereocenters. The van der Waals surface area contributed by atoms with Crippen LogP contribution in [0.2, 0.25) is 0 Å². The molecule has 0 aliphatic rings. The van der Waals surface area contributed by atoms with Crippen LogP contribution in [-0.2, 0) is 25.5 Å². The number of nitrogens with zero attached hydrogens (tertiary/aromatic N) is 2. The summed E-state index contributed by atoms with van der Waals surface area (Å²) in [5, 5.41) is 2.21. The van der Waals surface area contributed by atoms with Gasteiger partial charge in [-0.15, -0.1) is 53.6 Å². The van der Waals surface area contributed by atoms with Crippen LogP contribution in [0.1, 0.15) is 30.5 Å². The molecule has 8 rings (SSSR count). The maximum absolute atomic E-state index is 6.14. The van der Waals surface area contributed by atoms with E-state index in [0.29, 0.717) is 0 Å². The van der Waals surface area contributed by atoms with Crippen LogP contribution in [0.4, 0.5) is 0 Å². The minimum Gasteiger partial charge on any atom is -0.501 e. The zero-order valence-corrected chi connectivity index (χ0v) is 29.5. The standard InChI is InChI=1S/C24H16NO.C20H18N.Ir/c1-16-15-25-22(14-21(16)17-8-3-2-4-9-17)20-12-7-11-19-18-10-5-6-13-23(18)26-24(19)20;1-20(2,16-10-4-3-5-11-16)18-13-7-6-12-17(18)19-14-8-9-15-21-19;/h2-11,13-15H,1H3;3-11,13-15H,1-2H3;/q2*-1;. The normalized spacial score (nSPS) is 11.1. The Morgan fingerprint density at radius 3 is 2.10 bits per heavy atom. The van der Waals surface area contributed by atoms with E-state index in [9.17, 15) is 0 Å². The Bertz CT molecular complexity index is 2280. The van der Waals surface area contributed by atoms with Gasteiger partial charge in [0.2, 0.25) is 0 Å². The van der Waals surface area contributed by atoms with Gasteiger partial charge in [0.1, 0.15) is 5.58 Å². The first kappa shape index (κ1) is 32.8. The average molecular weight is 799 g/mol. The number of fused-ring (bicyclic) bond motifs is 3. The fraction of sp³-hybridized carbons (Fsp3) is 0.0909. The zero-order valence-electron chi connectivity index (χ0n) is 27.1. The van der Waals surface area contributed by atoms with Crippen LogP contribution in [-0.4, -0.2) is 9.97 Å². The molecular formula is C44H34IrN2O-2. The van der Waals surface area contributed by atoms with Crippen molar-refractivity contribution in [3.8, 4) is 33.6 Å². The summed E-state index contributed by atoms with van der Waals surface area (Å²) in [6.07, 6.45) is 3.75. The minimum atomic E-state index is -0.0914. The fourth-order valence-corrected chi connectivity index (χ4v) is 6.16. The summed E-state index contributed by atoms with van der Waals surface area (Å²) in [6, 6.07) is 54.1. The van der Waals surface area contributed by atoms with Gasteiger partial charge in [0, 0.05) is 37.9 Å². The average Bonchev–Trinajstić information content (AvgIpc) is 3.52. The van der Waals surface area contributed by atoms with E-state index in [1.165, 1.54) is 22.3 Å². The van der Waals surface area contributed by atoms with Gasteiger partial charge in [-0.3, -0.25) is 0 Å². The third-order valence-electron chi connectivity index (χ3n) is 8.73. The van der Waals surface area contributed by atoms with Crippen molar-refractivity contribution in [1.29, 1.82) is 0 Å². The molecule has 3 nitrogen and oxygen atoms in total. The van der Waals surface area contributed by atoms with Gasteiger partial charge in [0.05, 0.1) is 5.58 Å². The van der Waals surface area contributed by atoms with Gasteiger partial charge in [-0.2, -0.15) is 0 Å². The van der Waals surface area contributed by atoms with E-state index < -0.39 is 0 Å². The SMILES string of the molecule is CC(C)(c1ccccc1)c1ccc[c-]c1-c1ccccn1.Cc1cnc(-c2[c-]ccc3c2oc2ccccc23)cc1-c1ccccc1.[Ir]. The van der Waals surface area contributed by atoms with Gasteiger partial charge in [0.15, 0.2) is 0 Å². The Morgan fingerprint density at radius 1 is 0.625 bits per heavy atom. The summed E-state index contributed by atoms with van der Waals surface area (Å²) < 4.78 is 6.14. The zero-order chi connectivity index (χ0) is 32.2. The summed E-state index contributed by atoms with van der Waals surface area (Å²) in [4.78, 5) is 9.15. The molecule has 8 aromatic rings. The maximum Gasteiger partial charge on any atom is 0.120 e. The van der Waals surface area contributed by atoms with E-state index in [0.717, 1.165) is 50.0 Å². The van der Waals surface area contributed by atoms with Crippen molar-refractivity contribution in [2.45, 2.75) is 26.2 Å². The van der Waals surface area contributed by atoms with Crippen molar-refractivity contribution in [3.63, 3.8) is 0 Å². The molecule has 3 aromatic heterocycles. The van der Waals surface area contributed by atoms with Gasteiger partial charge in [-0.1, -0.05) is 122 Å². The summed E-state index contributed by atoms with van der Waals surface area (Å²) >= 11 is 0. The van der Waals surface area contributed by atoms with Crippen molar-refractivity contribution in [1.82, 2.24) is 9.97 Å². The van der Waals surface area contributed by atoms with Crippen LogP contribution < -0.4 is 0 Å². The molecule has 237 valence electrons. The van der Waals surface area contributed by atoms with Crippen LogP contribution in [0.5, 0.6) is 0 Å². The van der Waals surface area contributed by atoms with Crippen molar-refractivity contribution in [2.24, 2.45) is 0 Å². The molecule has 0 N–H and O–H groups in total. The molecule has 3 heterocycles. The van der Waals surface area contributed by atoms with Gasteiger partial charge in [-0.25, -0.2) is 0 Å². The Labute approximate surface area is 295 Å². The van der Waals surface area contributed by atoms with E-state index in [-0.39, 0.29) is 25.5 Å². The number of benzene rings is 5. The number of hydrogen-bond donors (Lipinski definition) is 0. The predicted molar refractivity (Wildman–Crippen MR) is 193 cm³/mol. The topological polar surface area (TPSA) is 38.9 Å². The first-order chi connectivity index (χ1) is 23.0. The second kappa shape index (κ2) is 14.3. The van der Waals surface area contributed by atoms with E-state index in [1.54, 1.807) is 0 Å². The van der Waals surface area contributed by atoms with E-state index in [4.69, 9.17) is 4.42 Å². The second-order valence-electron chi connectivity index (χ2n) is 12.1. The van der Waals surface area contributed by atoms with Crippen molar-refractivity contribution >= 4 is 21.9 Å². The molecule has 0 fully saturated rings. The summed E-state index contributed by atoms with van der Waals surface area (Å²) in [5.74, 6) is 0. The number of aryl methyl sites for hydroxylation is 1. The van der Waals surface area contributed by atoms with Crippen LogP contribution >= 0.6 is 0 Å². The molecule has 0 aliphatic carbocycles. The number of furan rings is 1. The Morgan fingerprint density at radius 2 is 1.33 bits per heavy atom. The van der Waals surface area contributed by atoms with Gasteiger partial charge < -0.3 is 14.4 Å². The number of aromatic nitrogens is 2. The van der Waals surface area contributed by atoms with Crippen LogP contribution in [0.3, 0.4) is 0 Å². The third kappa shape index (κ3) is 6.51. The smallest absolute Gasteiger partial charge is 0.120 e. The summed E-state index contributed by atoms with van der Waals surface area (Å²) in [5.41, 5.74) is 11.5. The molecule has 48 heavy (non-hydrogen) atoms. The monoisotopic (exact) mass is 799 g/mol. The van der Waals surface area contributed by atoms with Crippen molar-refractivity contribution in [2.75, 3.05) is 0 Å². The molecule has 0 spiro atoms. The first-order valence-corrected chi connectivity index (χ1v) is 15.8. The molecular weight excluding hydrogens is 765 g/mol. The molecule has 0 saturated heterocycles. The third-order valence-corrected chi connectivity index (χ3v) is 8.73. The number of para-hydroxylation sites is 1. The largest absolute Gasteiger partial charge is 0.501 e. The van der Waals surface area contributed by atoms with Gasteiger partial charge >= 0.3 is 0 Å². The molecule has 0 atom stereocenters. The van der Waals surface area contributed by atoms with Crippen LogP contribution in [0.15, 0.2) is 156 Å². The quantitative estimate of drug-likeness (QED) is 0.163. The molecule has 0 amide bonds. The van der Waals surface area contributed by atoms with Crippen LogP contribution in [0, 0.1) is 19.1 Å². The molecule has 4 heteroatoms. The second-order valence-corrected chi connectivity index (χ2v) is 12.1. The van der Waals surface area contributed by atoms with E-state index >= 15 is 0 Å². The van der Waals surface area contributed by atoms with Gasteiger partial charge in [0.25, 0.3) is 0 Å². The maximum atomic E-state index is 6.14. The molecule has 0 aliphatic heterocycles. The summed E-state index contributed by atoms with van der Waals surface area (Å²) in [7, 11) is 0. The Balaban J connectivity index is 0.000000168. The number of pyridine rings is 2. The van der Waals surface area contributed by atoms with Gasteiger partial charge in [-0.05, 0) is 58.1 Å². The minimum absolute atomic E-state index is 0. The van der Waals surface area contributed by atoms with E-state index in [1.807, 2.05) is 73.1 Å². The Hall–Kier alpha value is -5.15. The summed E-state index contributed by atoms with van der Waals surface area (Å²) in [6.45, 7) is 6.58. The number of rotatable bonds is 5. The van der Waals surface area contributed by atoms with E-state index in [2.05, 4.69) is 122 Å². The molecule has 1 radical (unpaired) electrons. The first-order valence-electron chi connectivity index (χ1n) is 15.8. The Kier molecular flexibility index (Phi) is 9.77. The molecule has 0 saturated carbocycles. The number of hydrogen-bond acceptors (Lipinski definition) is 3. The molecule has 5 aromatic carbocycles. The van der Waals surface area contributed by atoms with Crippen molar-refractivity contribution < 1.29 is 24.5 Å². The van der Waals surface area contributed by atoms with Crippen LogP contribution in [0.25, 0.3) is 55.6 Å². The fourth-order valence-electron chi connectivity index (χ4n) is 6.16. The predicted octanol–water partition coefficient (Wildman–Crippen LogP) is 11.3.